The molecule has 15 heavy (non-hydrogen) atoms. The number of carbonyl (C=O) groups is 1. The van der Waals surface area contributed by atoms with Gasteiger partial charge < -0.3 is 5.73 Å². The quantitative estimate of drug-likeness (QED) is 0.701. The summed E-state index contributed by atoms with van der Waals surface area (Å²) in [6.45, 7) is 11.9. The molecule has 0 amide bonds. The maximum Gasteiger partial charge on any atom is 0.152 e. The predicted octanol–water partition coefficient (Wildman–Crippen LogP) is 1.66. The van der Waals surface area contributed by atoms with Gasteiger partial charge in [-0.2, -0.15) is 0 Å². The van der Waals surface area contributed by atoms with Crippen LogP contribution >= 0.6 is 0 Å². The zero-order valence-corrected chi connectivity index (χ0v) is 10.8. The number of hydrogen-bond acceptors (Lipinski definition) is 3. The van der Waals surface area contributed by atoms with E-state index < -0.39 is 0 Å². The summed E-state index contributed by atoms with van der Waals surface area (Å²) in [6.07, 6.45) is 0.763. The highest BCUT2D eigenvalue weighted by atomic mass is 16.1. The molecule has 0 heterocycles. The topological polar surface area (TPSA) is 46.3 Å². The first-order valence-electron chi connectivity index (χ1n) is 5.97. The van der Waals surface area contributed by atoms with Crippen molar-refractivity contribution in [1.82, 2.24) is 4.90 Å². The lowest BCUT2D eigenvalue weighted by Gasteiger charge is -2.30. The molecule has 0 saturated heterocycles. The second-order valence-electron chi connectivity index (χ2n) is 4.51. The Balaban J connectivity index is 4.62. The molecule has 0 aliphatic rings. The van der Waals surface area contributed by atoms with E-state index in [1.807, 2.05) is 20.8 Å². The molecule has 0 bridgehead atoms. The van der Waals surface area contributed by atoms with Crippen molar-refractivity contribution in [3.8, 4) is 0 Å². The van der Waals surface area contributed by atoms with Crippen molar-refractivity contribution in [2.75, 3.05) is 13.1 Å². The lowest BCUT2D eigenvalue weighted by molar-refractivity contribution is -0.127. The minimum atomic E-state index is -0.000000000000000444. The van der Waals surface area contributed by atoms with Crippen molar-refractivity contribution in [3.63, 3.8) is 0 Å². The van der Waals surface area contributed by atoms with Crippen LogP contribution in [0, 0.1) is 5.92 Å². The Morgan fingerprint density at radius 2 is 1.67 bits per heavy atom. The first-order chi connectivity index (χ1) is 6.93. The molecule has 1 unspecified atom stereocenters. The molecular weight excluding hydrogens is 188 g/mol. The van der Waals surface area contributed by atoms with Gasteiger partial charge in [0.2, 0.25) is 0 Å². The zero-order valence-electron chi connectivity index (χ0n) is 10.8. The number of likely N-dealkylation sites (N-methyl/N-ethyl adjacent to an activating group) is 1. The number of carbonyl (C=O) groups excluding carboxylic acids is 1. The van der Waals surface area contributed by atoms with Crippen molar-refractivity contribution >= 4 is 5.78 Å². The first kappa shape index (κ1) is 14.6. The lowest BCUT2D eigenvalue weighted by atomic mass is 9.95. The summed E-state index contributed by atoms with van der Waals surface area (Å²) in [5.41, 5.74) is 5.80. The fourth-order valence-corrected chi connectivity index (χ4v) is 1.85. The Morgan fingerprint density at radius 1 is 1.20 bits per heavy atom. The molecule has 0 saturated carbocycles. The first-order valence-corrected chi connectivity index (χ1v) is 5.97. The minimum absolute atomic E-state index is 0.000000000000000444. The average molecular weight is 214 g/mol. The van der Waals surface area contributed by atoms with E-state index in [4.69, 9.17) is 5.73 Å². The van der Waals surface area contributed by atoms with Gasteiger partial charge in [0, 0.05) is 12.0 Å². The van der Waals surface area contributed by atoms with Gasteiger partial charge in [-0.25, -0.2) is 0 Å². The van der Waals surface area contributed by atoms with Gasteiger partial charge in [-0.05, 0) is 26.4 Å². The normalized spacial score (nSPS) is 15.7. The highest BCUT2D eigenvalue weighted by Gasteiger charge is 2.26. The molecule has 0 aromatic heterocycles. The van der Waals surface area contributed by atoms with Crippen LogP contribution in [-0.4, -0.2) is 35.9 Å². The molecule has 3 nitrogen and oxygen atoms in total. The van der Waals surface area contributed by atoms with Gasteiger partial charge in [0.1, 0.15) is 0 Å². The number of rotatable bonds is 7. The van der Waals surface area contributed by atoms with E-state index in [2.05, 4.69) is 18.7 Å². The summed E-state index contributed by atoms with van der Waals surface area (Å²) in [5, 5.41) is 0. The third-order valence-electron chi connectivity index (χ3n) is 2.75. The highest BCUT2D eigenvalue weighted by Crippen LogP contribution is 2.12. The summed E-state index contributed by atoms with van der Waals surface area (Å²) < 4.78 is 0. The summed E-state index contributed by atoms with van der Waals surface area (Å²) >= 11 is 0. The van der Waals surface area contributed by atoms with Crippen molar-refractivity contribution in [2.45, 2.75) is 53.1 Å². The van der Waals surface area contributed by atoms with E-state index in [1.54, 1.807) is 0 Å². The number of hydrogen-bond donors (Lipinski definition) is 1. The van der Waals surface area contributed by atoms with Crippen LogP contribution in [0.3, 0.4) is 0 Å². The van der Waals surface area contributed by atoms with Gasteiger partial charge >= 0.3 is 0 Å². The standard InChI is InChI=1S/C12H26N2O/c1-6-14(7-2)11(8-10(5)13)12(15)9(3)4/h9-11H,6-8,13H2,1-5H3/t10?,11-/m1/s1. The Labute approximate surface area is 94.0 Å². The number of nitrogens with zero attached hydrogens (tertiary/aromatic N) is 1. The molecule has 0 aliphatic heterocycles. The van der Waals surface area contributed by atoms with Gasteiger partial charge in [0.25, 0.3) is 0 Å². The molecule has 0 spiro atoms. The molecule has 0 aromatic rings. The number of ketones is 1. The van der Waals surface area contributed by atoms with Gasteiger partial charge in [-0.1, -0.05) is 27.7 Å². The Bertz CT molecular complexity index is 186. The summed E-state index contributed by atoms with van der Waals surface area (Å²) in [7, 11) is 0. The van der Waals surface area contributed by atoms with Crippen LogP contribution in [0.4, 0.5) is 0 Å². The summed E-state index contributed by atoms with van der Waals surface area (Å²) in [6, 6.07) is 0.0818. The molecule has 0 aromatic carbocycles. The largest absolute Gasteiger partial charge is 0.328 e. The molecular formula is C12H26N2O. The fourth-order valence-electron chi connectivity index (χ4n) is 1.85. The van der Waals surface area contributed by atoms with Gasteiger partial charge in [-0.3, -0.25) is 9.69 Å². The van der Waals surface area contributed by atoms with Crippen LogP contribution in [-0.2, 0) is 4.79 Å². The van der Waals surface area contributed by atoms with E-state index >= 15 is 0 Å². The van der Waals surface area contributed by atoms with Gasteiger partial charge in [0.05, 0.1) is 6.04 Å². The maximum absolute atomic E-state index is 12.0. The Hall–Kier alpha value is -0.410. The second kappa shape index (κ2) is 6.96. The van der Waals surface area contributed by atoms with Crippen molar-refractivity contribution in [2.24, 2.45) is 11.7 Å². The minimum Gasteiger partial charge on any atom is -0.328 e. The third-order valence-corrected chi connectivity index (χ3v) is 2.75. The highest BCUT2D eigenvalue weighted by molar-refractivity contribution is 5.85. The van der Waals surface area contributed by atoms with Crippen LogP contribution in [0.2, 0.25) is 0 Å². The molecule has 2 atom stereocenters. The van der Waals surface area contributed by atoms with Crippen molar-refractivity contribution in [1.29, 1.82) is 0 Å². The number of Topliss-reactive ketones (excluding diaryl/α,β-unsaturated/α-hetero) is 1. The van der Waals surface area contributed by atoms with Crippen molar-refractivity contribution < 1.29 is 4.79 Å². The summed E-state index contributed by atoms with van der Waals surface area (Å²) in [5.74, 6) is 0.408. The van der Waals surface area contributed by atoms with E-state index in [0.29, 0.717) is 5.78 Å². The zero-order chi connectivity index (χ0) is 12.0. The van der Waals surface area contributed by atoms with E-state index in [-0.39, 0.29) is 18.0 Å². The molecule has 0 aliphatic carbocycles. The molecule has 0 radical (unpaired) electrons. The van der Waals surface area contributed by atoms with Gasteiger partial charge in [0.15, 0.2) is 5.78 Å². The maximum atomic E-state index is 12.0. The lowest BCUT2D eigenvalue weighted by Crippen LogP contribution is -2.45. The predicted molar refractivity (Wildman–Crippen MR) is 64.8 cm³/mol. The van der Waals surface area contributed by atoms with E-state index in [1.165, 1.54) is 0 Å². The van der Waals surface area contributed by atoms with Crippen molar-refractivity contribution in [3.05, 3.63) is 0 Å². The summed E-state index contributed by atoms with van der Waals surface area (Å²) in [4.78, 5) is 14.2. The molecule has 3 heteroatoms. The van der Waals surface area contributed by atoms with E-state index in [9.17, 15) is 4.79 Å². The second-order valence-corrected chi connectivity index (χ2v) is 4.51. The average Bonchev–Trinajstić information content (AvgIpc) is 2.16. The van der Waals surface area contributed by atoms with Crippen LogP contribution in [0.1, 0.15) is 41.0 Å². The third kappa shape index (κ3) is 4.76. The fraction of sp³-hybridized carbons (Fsp3) is 0.917. The van der Waals surface area contributed by atoms with E-state index in [0.717, 1.165) is 19.5 Å². The number of nitrogens with two attached hydrogens (primary N) is 1. The van der Waals surface area contributed by atoms with Crippen LogP contribution in [0.15, 0.2) is 0 Å². The van der Waals surface area contributed by atoms with Crippen LogP contribution in [0.25, 0.3) is 0 Å². The molecule has 0 fully saturated rings. The SMILES string of the molecule is CCN(CC)[C@H](CC(C)N)C(=O)C(C)C. The Kier molecular flexibility index (Phi) is 6.77. The molecule has 90 valence electrons. The molecule has 0 rings (SSSR count). The van der Waals surface area contributed by atoms with Crippen LogP contribution < -0.4 is 5.73 Å². The molecule has 2 N–H and O–H groups in total. The smallest absolute Gasteiger partial charge is 0.152 e. The Morgan fingerprint density at radius 3 is 1.93 bits per heavy atom. The monoisotopic (exact) mass is 214 g/mol. The van der Waals surface area contributed by atoms with Gasteiger partial charge in [-0.15, -0.1) is 0 Å². The van der Waals surface area contributed by atoms with Crippen LogP contribution in [0.5, 0.6) is 0 Å².